The summed E-state index contributed by atoms with van der Waals surface area (Å²) in [6, 6.07) is 9.25. The third-order valence-electron chi connectivity index (χ3n) is 4.27. The van der Waals surface area contributed by atoms with Gasteiger partial charge in [-0.3, -0.25) is 9.59 Å². The lowest BCUT2D eigenvalue weighted by molar-refractivity contribution is -0.154. The molecule has 2 aliphatic rings. The molecule has 3 unspecified atom stereocenters. The van der Waals surface area contributed by atoms with Crippen LogP contribution >= 0.6 is 0 Å². The fourth-order valence-corrected chi connectivity index (χ4v) is 2.98. The molecule has 1 aliphatic heterocycles. The molecule has 0 bridgehead atoms. The topological polar surface area (TPSA) is 49.4 Å². The maximum atomic E-state index is 12.7. The Labute approximate surface area is 119 Å². The molecule has 1 saturated carbocycles. The van der Waals surface area contributed by atoms with Crippen LogP contribution in [0.1, 0.15) is 38.8 Å². The largest absolute Gasteiger partial charge is 0.340 e. The number of amides is 2. The number of piperazine rings is 1. The number of hydrogen-bond donors (Lipinski definition) is 1. The van der Waals surface area contributed by atoms with Gasteiger partial charge in [0, 0.05) is 6.04 Å². The predicted molar refractivity (Wildman–Crippen MR) is 75.8 cm³/mol. The normalized spacial score (nSPS) is 31.9. The number of nitrogens with one attached hydrogen (secondary N) is 1. The molecule has 2 fully saturated rings. The van der Waals surface area contributed by atoms with E-state index in [1.165, 1.54) is 0 Å². The van der Waals surface area contributed by atoms with Crippen molar-refractivity contribution in [2.45, 2.75) is 44.8 Å². The lowest BCUT2D eigenvalue weighted by Gasteiger charge is -2.43. The summed E-state index contributed by atoms with van der Waals surface area (Å²) in [4.78, 5) is 27.0. The second kappa shape index (κ2) is 4.33. The Bertz CT molecular complexity index is 553. The van der Waals surface area contributed by atoms with Crippen molar-refractivity contribution in [3.8, 4) is 0 Å². The molecule has 0 spiro atoms. The van der Waals surface area contributed by atoms with E-state index in [4.69, 9.17) is 0 Å². The van der Waals surface area contributed by atoms with E-state index in [1.807, 2.05) is 30.3 Å². The average Bonchev–Trinajstić information content (AvgIpc) is 3.11. The smallest absolute Gasteiger partial charge is 0.248 e. The molecule has 20 heavy (non-hydrogen) atoms. The predicted octanol–water partition coefficient (Wildman–Crippen LogP) is 1.87. The lowest BCUT2D eigenvalue weighted by atomic mass is 9.93. The molecule has 4 heteroatoms. The van der Waals surface area contributed by atoms with Gasteiger partial charge in [0.2, 0.25) is 11.8 Å². The Morgan fingerprint density at radius 1 is 1.20 bits per heavy atom. The molecular formula is C16H20N2O2. The molecule has 2 amide bonds. The van der Waals surface area contributed by atoms with Crippen LogP contribution in [0.2, 0.25) is 0 Å². The first-order valence-corrected chi connectivity index (χ1v) is 7.11. The van der Waals surface area contributed by atoms with Crippen molar-refractivity contribution in [2.24, 2.45) is 5.92 Å². The first kappa shape index (κ1) is 13.2. The highest BCUT2D eigenvalue weighted by molar-refractivity contribution is 6.00. The molecule has 1 saturated heterocycles. The minimum atomic E-state index is -0.815. The maximum Gasteiger partial charge on any atom is 0.248 e. The molecule has 106 valence electrons. The summed E-state index contributed by atoms with van der Waals surface area (Å²) in [6.07, 6.45) is 0.985. The number of hydrogen-bond acceptors (Lipinski definition) is 2. The Morgan fingerprint density at radius 3 is 2.35 bits per heavy atom. The zero-order chi connectivity index (χ0) is 14.5. The summed E-state index contributed by atoms with van der Waals surface area (Å²) < 4.78 is 0. The Kier molecular flexibility index (Phi) is 2.85. The van der Waals surface area contributed by atoms with Gasteiger partial charge < -0.3 is 10.2 Å². The highest BCUT2D eigenvalue weighted by Gasteiger charge is 2.53. The van der Waals surface area contributed by atoms with E-state index >= 15 is 0 Å². The van der Waals surface area contributed by atoms with Crippen LogP contribution < -0.4 is 5.32 Å². The molecule has 0 radical (unpaired) electrons. The molecule has 1 heterocycles. The fourth-order valence-electron chi connectivity index (χ4n) is 2.98. The van der Waals surface area contributed by atoms with Crippen LogP contribution in [-0.4, -0.2) is 28.3 Å². The van der Waals surface area contributed by atoms with E-state index in [0.717, 1.165) is 12.0 Å². The summed E-state index contributed by atoms with van der Waals surface area (Å²) in [5.74, 6) is 0.409. The van der Waals surface area contributed by atoms with Crippen LogP contribution in [0.15, 0.2) is 30.3 Å². The number of carbonyl (C=O) groups is 2. The van der Waals surface area contributed by atoms with Gasteiger partial charge >= 0.3 is 0 Å². The number of carbonyl (C=O) groups excluding carboxylic acids is 2. The van der Waals surface area contributed by atoms with E-state index in [-0.39, 0.29) is 17.9 Å². The van der Waals surface area contributed by atoms with Crippen molar-refractivity contribution >= 4 is 11.8 Å². The molecule has 3 rings (SSSR count). The van der Waals surface area contributed by atoms with Crippen molar-refractivity contribution in [3.05, 3.63) is 35.9 Å². The second-order valence-electron chi connectivity index (χ2n) is 6.42. The molecule has 1 aromatic rings. The quantitative estimate of drug-likeness (QED) is 0.893. The van der Waals surface area contributed by atoms with E-state index < -0.39 is 11.6 Å². The molecular weight excluding hydrogens is 252 g/mol. The Hall–Kier alpha value is -1.84. The van der Waals surface area contributed by atoms with E-state index in [9.17, 15) is 9.59 Å². The van der Waals surface area contributed by atoms with E-state index in [2.05, 4.69) is 12.2 Å². The van der Waals surface area contributed by atoms with Crippen LogP contribution in [0, 0.1) is 5.92 Å². The van der Waals surface area contributed by atoms with Gasteiger partial charge in [-0.25, -0.2) is 0 Å². The third kappa shape index (κ3) is 1.99. The van der Waals surface area contributed by atoms with Gasteiger partial charge in [0.15, 0.2) is 0 Å². The van der Waals surface area contributed by atoms with Gasteiger partial charge in [-0.05, 0) is 31.7 Å². The zero-order valence-electron chi connectivity index (χ0n) is 12.1. The highest BCUT2D eigenvalue weighted by atomic mass is 16.2. The molecule has 1 aromatic carbocycles. The molecule has 1 aliphatic carbocycles. The SMILES string of the molecule is CC1CC1N1C(=O)C(C)(C)NC(=O)C1c1ccccc1. The van der Waals surface area contributed by atoms with Crippen molar-refractivity contribution in [1.82, 2.24) is 10.2 Å². The summed E-state index contributed by atoms with van der Waals surface area (Å²) in [7, 11) is 0. The second-order valence-corrected chi connectivity index (χ2v) is 6.42. The summed E-state index contributed by atoms with van der Waals surface area (Å²) >= 11 is 0. The monoisotopic (exact) mass is 272 g/mol. The number of rotatable bonds is 2. The molecule has 1 N–H and O–H groups in total. The van der Waals surface area contributed by atoms with Gasteiger partial charge in [0.05, 0.1) is 0 Å². The first-order valence-electron chi connectivity index (χ1n) is 7.11. The standard InChI is InChI=1S/C16H20N2O2/c1-10-9-12(10)18-13(11-7-5-4-6-8-11)14(19)17-16(2,3)15(18)20/h4-8,10,12-13H,9H2,1-3H3,(H,17,19). The molecule has 0 aromatic heterocycles. The van der Waals surface area contributed by atoms with E-state index in [1.54, 1.807) is 18.7 Å². The fraction of sp³-hybridized carbons (Fsp3) is 0.500. The number of benzene rings is 1. The van der Waals surface area contributed by atoms with Crippen molar-refractivity contribution < 1.29 is 9.59 Å². The van der Waals surface area contributed by atoms with Crippen LogP contribution in [-0.2, 0) is 9.59 Å². The summed E-state index contributed by atoms with van der Waals surface area (Å²) in [5, 5.41) is 2.85. The van der Waals surface area contributed by atoms with E-state index in [0.29, 0.717) is 5.92 Å². The van der Waals surface area contributed by atoms with Crippen LogP contribution in [0.5, 0.6) is 0 Å². The molecule has 4 nitrogen and oxygen atoms in total. The van der Waals surface area contributed by atoms with Gasteiger partial charge in [-0.15, -0.1) is 0 Å². The van der Waals surface area contributed by atoms with Gasteiger partial charge in [0.25, 0.3) is 0 Å². The van der Waals surface area contributed by atoms with Crippen molar-refractivity contribution in [3.63, 3.8) is 0 Å². The lowest BCUT2D eigenvalue weighted by Crippen LogP contribution is -2.65. The van der Waals surface area contributed by atoms with Gasteiger partial charge in [0.1, 0.15) is 11.6 Å². The van der Waals surface area contributed by atoms with Crippen molar-refractivity contribution in [2.75, 3.05) is 0 Å². The zero-order valence-corrected chi connectivity index (χ0v) is 12.1. The van der Waals surface area contributed by atoms with Crippen LogP contribution in [0.3, 0.4) is 0 Å². The molecule has 3 atom stereocenters. The minimum Gasteiger partial charge on any atom is -0.340 e. The Balaban J connectivity index is 2.02. The van der Waals surface area contributed by atoms with Crippen molar-refractivity contribution in [1.29, 1.82) is 0 Å². The number of nitrogens with zero attached hydrogens (tertiary/aromatic N) is 1. The van der Waals surface area contributed by atoms with Gasteiger partial charge in [-0.1, -0.05) is 37.3 Å². The van der Waals surface area contributed by atoms with Gasteiger partial charge in [-0.2, -0.15) is 0 Å². The third-order valence-corrected chi connectivity index (χ3v) is 4.27. The Morgan fingerprint density at radius 2 is 1.80 bits per heavy atom. The van der Waals surface area contributed by atoms with Crippen LogP contribution in [0.25, 0.3) is 0 Å². The van der Waals surface area contributed by atoms with Crippen LogP contribution in [0.4, 0.5) is 0 Å². The minimum absolute atomic E-state index is 0.0142. The highest BCUT2D eigenvalue weighted by Crippen LogP contribution is 2.42. The first-order chi connectivity index (χ1) is 9.42. The maximum absolute atomic E-state index is 12.7. The summed E-state index contributed by atoms with van der Waals surface area (Å²) in [6.45, 7) is 5.67. The summed E-state index contributed by atoms with van der Waals surface area (Å²) in [5.41, 5.74) is 0.0676. The average molecular weight is 272 g/mol.